The second-order valence-electron chi connectivity index (χ2n) is 3.71. The molecule has 1 unspecified atom stereocenters. The number of sulfonamides is 1. The van der Waals surface area contributed by atoms with E-state index in [0.717, 1.165) is 4.31 Å². The highest BCUT2D eigenvalue weighted by Gasteiger charge is 2.21. The van der Waals surface area contributed by atoms with E-state index < -0.39 is 16.1 Å². The second-order valence-corrected chi connectivity index (χ2v) is 5.75. The van der Waals surface area contributed by atoms with Crippen LogP contribution in [0.2, 0.25) is 0 Å². The molecule has 0 heterocycles. The van der Waals surface area contributed by atoms with Gasteiger partial charge >= 0.3 is 0 Å². The van der Waals surface area contributed by atoms with Crippen molar-refractivity contribution in [1.82, 2.24) is 4.31 Å². The molecule has 0 saturated heterocycles. The van der Waals surface area contributed by atoms with Gasteiger partial charge in [-0.25, -0.2) is 8.42 Å². The first-order valence-corrected chi connectivity index (χ1v) is 6.28. The van der Waals surface area contributed by atoms with Crippen molar-refractivity contribution in [1.29, 1.82) is 0 Å². The molecule has 1 aromatic carbocycles. The number of nitrogen functional groups attached to an aromatic ring is 1. The molecule has 0 aliphatic carbocycles. The lowest BCUT2D eigenvalue weighted by Gasteiger charge is -2.18. The molecular weight excluding hydrogens is 228 g/mol. The van der Waals surface area contributed by atoms with E-state index in [1.165, 1.54) is 26.1 Å². The van der Waals surface area contributed by atoms with Gasteiger partial charge in [-0.3, -0.25) is 0 Å². The number of hydrogen-bond acceptors (Lipinski definition) is 4. The number of benzene rings is 1. The quantitative estimate of drug-likeness (QED) is 0.745. The number of likely N-dealkylation sites (N-methyl/N-ethyl adjacent to an activating group) is 1. The molecule has 1 aromatic rings. The van der Waals surface area contributed by atoms with Crippen molar-refractivity contribution in [3.63, 3.8) is 0 Å². The van der Waals surface area contributed by atoms with E-state index in [2.05, 4.69) is 0 Å². The van der Waals surface area contributed by atoms with Crippen molar-refractivity contribution in [3.8, 4) is 0 Å². The van der Waals surface area contributed by atoms with Crippen LogP contribution in [0, 0.1) is 0 Å². The van der Waals surface area contributed by atoms with Gasteiger partial charge in [-0.15, -0.1) is 0 Å². The van der Waals surface area contributed by atoms with Crippen molar-refractivity contribution in [2.24, 2.45) is 0 Å². The van der Waals surface area contributed by atoms with Crippen molar-refractivity contribution < 1.29 is 13.5 Å². The average Bonchev–Trinajstić information content (AvgIpc) is 2.16. The van der Waals surface area contributed by atoms with Crippen LogP contribution in [0.15, 0.2) is 29.2 Å². The third-order valence-corrected chi connectivity index (χ3v) is 3.91. The number of hydrogen-bond donors (Lipinski definition) is 2. The molecule has 5 nitrogen and oxygen atoms in total. The highest BCUT2D eigenvalue weighted by Crippen LogP contribution is 2.16. The number of aliphatic hydroxyl groups is 1. The molecule has 0 spiro atoms. The van der Waals surface area contributed by atoms with Gasteiger partial charge in [-0.2, -0.15) is 4.31 Å². The lowest BCUT2D eigenvalue weighted by molar-refractivity contribution is 0.171. The summed E-state index contributed by atoms with van der Waals surface area (Å²) in [5.74, 6) is 0. The summed E-state index contributed by atoms with van der Waals surface area (Å²) >= 11 is 0. The minimum absolute atomic E-state index is 0.0527. The molecule has 3 N–H and O–H groups in total. The van der Waals surface area contributed by atoms with Gasteiger partial charge in [0.25, 0.3) is 0 Å². The van der Waals surface area contributed by atoms with Crippen LogP contribution in [-0.4, -0.2) is 37.5 Å². The average molecular weight is 244 g/mol. The molecule has 16 heavy (non-hydrogen) atoms. The van der Waals surface area contributed by atoms with Gasteiger partial charge in [0.1, 0.15) is 0 Å². The van der Waals surface area contributed by atoms with Gasteiger partial charge in [0.05, 0.1) is 11.0 Å². The largest absolute Gasteiger partial charge is 0.399 e. The third kappa shape index (κ3) is 2.94. The highest BCUT2D eigenvalue weighted by molar-refractivity contribution is 7.89. The molecule has 0 bridgehead atoms. The SMILES string of the molecule is CC(O)CN(C)S(=O)(=O)c1cccc(N)c1. The Kier molecular flexibility index (Phi) is 3.90. The number of anilines is 1. The molecule has 0 aliphatic heterocycles. The van der Waals surface area contributed by atoms with E-state index >= 15 is 0 Å². The maximum absolute atomic E-state index is 12.0. The minimum atomic E-state index is -3.56. The van der Waals surface area contributed by atoms with Crippen LogP contribution < -0.4 is 5.73 Å². The standard InChI is InChI=1S/C10H16N2O3S/c1-8(13)7-12(2)16(14,15)10-5-3-4-9(11)6-10/h3-6,8,13H,7,11H2,1-2H3. The fraction of sp³-hybridized carbons (Fsp3) is 0.400. The molecular formula is C10H16N2O3S. The predicted octanol–water partition coefficient (Wildman–Crippen LogP) is 0.270. The summed E-state index contributed by atoms with van der Waals surface area (Å²) < 4.78 is 25.1. The maximum atomic E-state index is 12.0. The molecule has 0 aromatic heterocycles. The molecule has 6 heteroatoms. The highest BCUT2D eigenvalue weighted by atomic mass is 32.2. The fourth-order valence-electron chi connectivity index (χ4n) is 1.33. The lowest BCUT2D eigenvalue weighted by atomic mass is 10.3. The first kappa shape index (κ1) is 13.0. The van der Waals surface area contributed by atoms with E-state index in [1.807, 2.05) is 0 Å². The van der Waals surface area contributed by atoms with Crippen LogP contribution in [0.3, 0.4) is 0 Å². The van der Waals surface area contributed by atoms with Crippen LogP contribution in [0.25, 0.3) is 0 Å². The van der Waals surface area contributed by atoms with Gasteiger partial charge in [-0.1, -0.05) is 6.07 Å². The van der Waals surface area contributed by atoms with Gasteiger partial charge in [0.2, 0.25) is 10.0 Å². The van der Waals surface area contributed by atoms with Gasteiger partial charge in [0, 0.05) is 19.3 Å². The topological polar surface area (TPSA) is 83.6 Å². The van der Waals surface area contributed by atoms with E-state index in [9.17, 15) is 8.42 Å². The summed E-state index contributed by atoms with van der Waals surface area (Å²) in [5, 5.41) is 9.16. The Balaban J connectivity index is 3.02. The molecule has 1 rings (SSSR count). The van der Waals surface area contributed by atoms with Crippen LogP contribution >= 0.6 is 0 Å². The minimum Gasteiger partial charge on any atom is -0.399 e. The number of aliphatic hydroxyl groups excluding tert-OH is 1. The summed E-state index contributed by atoms with van der Waals surface area (Å²) in [7, 11) is -2.14. The summed E-state index contributed by atoms with van der Waals surface area (Å²) in [6, 6.07) is 6.07. The van der Waals surface area contributed by atoms with Crippen molar-refractivity contribution in [2.45, 2.75) is 17.9 Å². The zero-order valence-corrected chi connectivity index (χ0v) is 10.1. The number of rotatable bonds is 4. The lowest BCUT2D eigenvalue weighted by Crippen LogP contribution is -2.33. The Labute approximate surface area is 95.5 Å². The third-order valence-electron chi connectivity index (χ3n) is 2.09. The van der Waals surface area contributed by atoms with Gasteiger partial charge in [-0.05, 0) is 25.1 Å². The van der Waals surface area contributed by atoms with Crippen LogP contribution in [-0.2, 0) is 10.0 Å². The van der Waals surface area contributed by atoms with Crippen molar-refractivity contribution >= 4 is 15.7 Å². The first-order chi connectivity index (χ1) is 7.34. The van der Waals surface area contributed by atoms with Crippen LogP contribution in [0.4, 0.5) is 5.69 Å². The van der Waals surface area contributed by atoms with E-state index in [4.69, 9.17) is 10.8 Å². The van der Waals surface area contributed by atoms with Crippen molar-refractivity contribution in [2.75, 3.05) is 19.3 Å². The van der Waals surface area contributed by atoms with E-state index in [0.29, 0.717) is 5.69 Å². The monoisotopic (exact) mass is 244 g/mol. The Morgan fingerprint density at radius 1 is 1.50 bits per heavy atom. The van der Waals surface area contributed by atoms with Crippen molar-refractivity contribution in [3.05, 3.63) is 24.3 Å². The summed E-state index contributed by atoms with van der Waals surface area (Å²) in [6.45, 7) is 1.59. The first-order valence-electron chi connectivity index (χ1n) is 4.84. The zero-order valence-electron chi connectivity index (χ0n) is 9.29. The van der Waals surface area contributed by atoms with Crippen LogP contribution in [0.5, 0.6) is 0 Å². The second kappa shape index (κ2) is 4.82. The molecule has 0 radical (unpaired) electrons. The van der Waals surface area contributed by atoms with E-state index in [-0.39, 0.29) is 11.4 Å². The van der Waals surface area contributed by atoms with Gasteiger partial charge in [0.15, 0.2) is 0 Å². The van der Waals surface area contributed by atoms with Crippen LogP contribution in [0.1, 0.15) is 6.92 Å². The zero-order chi connectivity index (χ0) is 12.3. The molecule has 0 saturated carbocycles. The Morgan fingerprint density at radius 2 is 2.12 bits per heavy atom. The molecule has 0 amide bonds. The molecule has 1 atom stereocenters. The summed E-state index contributed by atoms with van der Waals surface area (Å²) in [6.07, 6.45) is -0.708. The smallest absolute Gasteiger partial charge is 0.242 e. The Bertz CT molecular complexity index is 457. The number of nitrogens with two attached hydrogens (primary N) is 1. The fourth-order valence-corrected chi connectivity index (χ4v) is 2.63. The molecule has 90 valence electrons. The molecule has 0 fully saturated rings. The Morgan fingerprint density at radius 3 is 2.62 bits per heavy atom. The summed E-state index contributed by atoms with van der Waals surface area (Å²) in [4.78, 5) is 0.135. The predicted molar refractivity (Wildman–Crippen MR) is 62.4 cm³/mol. The summed E-state index contributed by atoms with van der Waals surface area (Å²) in [5.41, 5.74) is 5.92. The number of nitrogens with zero attached hydrogens (tertiary/aromatic N) is 1. The maximum Gasteiger partial charge on any atom is 0.242 e. The normalized spacial score (nSPS) is 14.0. The Hall–Kier alpha value is -1.11. The molecule has 0 aliphatic rings. The van der Waals surface area contributed by atoms with E-state index in [1.54, 1.807) is 12.1 Å². The van der Waals surface area contributed by atoms with Gasteiger partial charge < -0.3 is 10.8 Å².